The van der Waals surface area contributed by atoms with E-state index < -0.39 is 5.60 Å². The first-order valence-electron chi connectivity index (χ1n) is 10.3. The van der Waals surface area contributed by atoms with Crippen LogP contribution in [0.25, 0.3) is 11.1 Å². The van der Waals surface area contributed by atoms with Crippen molar-refractivity contribution in [3.8, 4) is 28.4 Å². The van der Waals surface area contributed by atoms with E-state index in [1.807, 2.05) is 30.3 Å². The second-order valence-electron chi connectivity index (χ2n) is 8.20. The largest absolute Gasteiger partial charge is 0.496 e. The zero-order valence-corrected chi connectivity index (χ0v) is 21.1. The first-order chi connectivity index (χ1) is 15.5. The number of hydrogen-bond donors (Lipinski definition) is 1. The number of fused-ring (bicyclic) bond motifs is 5. The van der Waals surface area contributed by atoms with Gasteiger partial charge in [-0.05, 0) is 40.5 Å². The first-order valence-corrected chi connectivity index (χ1v) is 13.7. The number of hydrogen-bond acceptors (Lipinski definition) is 6. The molecule has 0 aromatic heterocycles. The Hall–Kier alpha value is -2.10. The lowest BCUT2D eigenvalue weighted by Gasteiger charge is -2.42. The molecule has 1 heterocycles. The Bertz CT molecular complexity index is 1170. The van der Waals surface area contributed by atoms with Crippen LogP contribution in [0.2, 0.25) is 0 Å². The van der Waals surface area contributed by atoms with Crippen LogP contribution >= 0.6 is 30.3 Å². The fourth-order valence-corrected chi connectivity index (χ4v) is 6.68. The molecule has 0 bridgehead atoms. The lowest BCUT2D eigenvalue weighted by Crippen LogP contribution is -2.48. The number of rotatable bonds is 5. The summed E-state index contributed by atoms with van der Waals surface area (Å²) in [4.78, 5) is 0. The number of β-amino-alcohol motifs (C(OH)–C–C–N with tert-alkyl or cyclic N) is 1. The number of anilines is 1. The third-order valence-corrected chi connectivity index (χ3v) is 8.42. The predicted molar refractivity (Wildman–Crippen MR) is 137 cm³/mol. The molecule has 5 nitrogen and oxygen atoms in total. The summed E-state index contributed by atoms with van der Waals surface area (Å²) >= 11 is 2.28. The Morgan fingerprint density at radius 1 is 0.938 bits per heavy atom. The minimum atomic E-state index is -0.923. The number of aliphatic hydroxyl groups is 1. The third kappa shape index (κ3) is 3.33. The van der Waals surface area contributed by atoms with Gasteiger partial charge in [-0.3, -0.25) is 0 Å². The van der Waals surface area contributed by atoms with Crippen LogP contribution in [-0.2, 0) is 6.42 Å². The normalized spacial score (nSPS) is 20.9. The molecule has 0 amide bonds. The van der Waals surface area contributed by atoms with E-state index >= 15 is 0 Å². The third-order valence-electron chi connectivity index (χ3n) is 6.50. The maximum Gasteiger partial charge on any atom is 0.161 e. The van der Waals surface area contributed by atoms with Crippen molar-refractivity contribution < 1.29 is 19.3 Å². The molecule has 2 aliphatic rings. The summed E-state index contributed by atoms with van der Waals surface area (Å²) in [5.74, 6) is 2.02. The van der Waals surface area contributed by atoms with Crippen molar-refractivity contribution in [3.63, 3.8) is 0 Å². The van der Waals surface area contributed by atoms with E-state index in [4.69, 9.17) is 14.2 Å². The molecule has 2 atom stereocenters. The fourth-order valence-electron chi connectivity index (χ4n) is 5.12. The predicted octanol–water partition coefficient (Wildman–Crippen LogP) is 5.62. The highest BCUT2D eigenvalue weighted by Crippen LogP contribution is 2.56. The van der Waals surface area contributed by atoms with Gasteiger partial charge < -0.3 is 23.6 Å². The maximum absolute atomic E-state index is 11.9. The van der Waals surface area contributed by atoms with Gasteiger partial charge in [0.05, 0.1) is 39.2 Å². The molecule has 0 radical (unpaired) electrons. The summed E-state index contributed by atoms with van der Waals surface area (Å²) < 4.78 is 19.1. The van der Waals surface area contributed by atoms with E-state index in [0.717, 1.165) is 39.3 Å². The van der Waals surface area contributed by atoms with Crippen LogP contribution in [0.3, 0.4) is 0 Å². The SMILES string of the molecule is COc1cc2c(cc1OC)C1c3cc(-c4ccccc4)c(OC)cc3N(SI)CC1(O)C2. The summed E-state index contributed by atoms with van der Waals surface area (Å²) in [6.07, 6.45) is 0.563. The van der Waals surface area contributed by atoms with Gasteiger partial charge in [0.25, 0.3) is 0 Å². The molecule has 2 unspecified atom stereocenters. The van der Waals surface area contributed by atoms with Gasteiger partial charge in [-0.25, -0.2) is 0 Å². The zero-order chi connectivity index (χ0) is 22.5. The molecule has 1 N–H and O–H groups in total. The summed E-state index contributed by atoms with van der Waals surface area (Å²) in [6.45, 7) is 0.519. The number of methoxy groups -OCH3 is 3. The van der Waals surface area contributed by atoms with Gasteiger partial charge >= 0.3 is 0 Å². The van der Waals surface area contributed by atoms with Crippen LogP contribution in [0.4, 0.5) is 5.69 Å². The molecular weight excluding hydrogens is 537 g/mol. The van der Waals surface area contributed by atoms with Crippen LogP contribution in [0.5, 0.6) is 17.2 Å². The van der Waals surface area contributed by atoms with E-state index in [1.165, 1.54) is 0 Å². The average molecular weight is 561 g/mol. The monoisotopic (exact) mass is 561 g/mol. The Kier molecular flexibility index (Phi) is 5.67. The molecule has 0 spiro atoms. The quantitative estimate of drug-likeness (QED) is 0.323. The highest BCUT2D eigenvalue weighted by molar-refractivity contribution is 14.2. The van der Waals surface area contributed by atoms with Crippen molar-refractivity contribution in [2.75, 3.05) is 32.2 Å². The number of nitrogens with zero attached hydrogens (tertiary/aromatic N) is 1. The van der Waals surface area contributed by atoms with Crippen LogP contribution < -0.4 is 18.5 Å². The molecular formula is C25H24INO4S. The van der Waals surface area contributed by atoms with Gasteiger partial charge in [-0.1, -0.05) is 30.3 Å². The van der Waals surface area contributed by atoms with Crippen molar-refractivity contribution in [3.05, 3.63) is 71.3 Å². The van der Waals surface area contributed by atoms with Crippen LogP contribution in [0.15, 0.2) is 54.6 Å². The van der Waals surface area contributed by atoms with Gasteiger partial charge in [0.15, 0.2) is 11.5 Å². The minimum Gasteiger partial charge on any atom is -0.496 e. The topological polar surface area (TPSA) is 51.2 Å². The highest BCUT2D eigenvalue weighted by Gasteiger charge is 2.51. The Balaban J connectivity index is 1.76. The molecule has 1 aliphatic heterocycles. The van der Waals surface area contributed by atoms with E-state index in [9.17, 15) is 5.11 Å². The lowest BCUT2D eigenvalue weighted by atomic mass is 9.77. The molecule has 1 aliphatic carbocycles. The van der Waals surface area contributed by atoms with Crippen molar-refractivity contribution in [1.82, 2.24) is 0 Å². The average Bonchev–Trinajstić information content (AvgIpc) is 3.13. The lowest BCUT2D eigenvalue weighted by molar-refractivity contribution is 0.0421. The minimum absolute atomic E-state index is 0.166. The van der Waals surface area contributed by atoms with Gasteiger partial charge in [0, 0.05) is 54.3 Å². The Labute approximate surface area is 204 Å². The standard InChI is InChI=1S/C25H24INO4S/c1-29-21-12-20-19(10-17(21)15-7-5-4-6-8-15)24-18-11-23(31-3)22(30-2)9-16(18)13-25(24,28)14-27(20)32-26/h4-12,24,28H,13-14H2,1-3H3. The molecule has 3 aromatic carbocycles. The molecule has 5 rings (SSSR count). The zero-order valence-electron chi connectivity index (χ0n) is 18.1. The Morgan fingerprint density at radius 3 is 2.28 bits per heavy atom. The van der Waals surface area contributed by atoms with E-state index in [1.54, 1.807) is 30.4 Å². The van der Waals surface area contributed by atoms with Crippen LogP contribution in [0.1, 0.15) is 22.6 Å². The van der Waals surface area contributed by atoms with Gasteiger partial charge in [0.1, 0.15) is 5.75 Å². The summed E-state index contributed by atoms with van der Waals surface area (Å²) in [7, 11) is 6.58. The van der Waals surface area contributed by atoms with Crippen molar-refractivity contribution in [2.45, 2.75) is 17.9 Å². The second kappa shape index (κ2) is 8.35. The highest BCUT2D eigenvalue weighted by atomic mass is 127. The molecule has 3 aromatic rings. The first kappa shape index (κ1) is 21.7. The molecule has 0 saturated heterocycles. The number of benzene rings is 3. The molecule has 0 fully saturated rings. The van der Waals surface area contributed by atoms with Gasteiger partial charge in [-0.2, -0.15) is 0 Å². The maximum atomic E-state index is 11.9. The van der Waals surface area contributed by atoms with E-state index in [0.29, 0.717) is 24.5 Å². The molecule has 32 heavy (non-hydrogen) atoms. The second-order valence-corrected chi connectivity index (χ2v) is 9.96. The van der Waals surface area contributed by atoms with Gasteiger partial charge in [0.2, 0.25) is 0 Å². The van der Waals surface area contributed by atoms with Crippen molar-refractivity contribution in [2.24, 2.45) is 0 Å². The van der Waals surface area contributed by atoms with Crippen LogP contribution in [-0.4, -0.2) is 38.6 Å². The van der Waals surface area contributed by atoms with Crippen molar-refractivity contribution >= 4 is 36.0 Å². The number of ether oxygens (including phenoxy) is 3. The Morgan fingerprint density at radius 2 is 1.62 bits per heavy atom. The van der Waals surface area contributed by atoms with Gasteiger partial charge in [-0.15, -0.1) is 0 Å². The molecule has 0 saturated carbocycles. The van der Waals surface area contributed by atoms with E-state index in [2.05, 4.69) is 49.8 Å². The fraction of sp³-hybridized carbons (Fsp3) is 0.280. The summed E-state index contributed by atoms with van der Waals surface area (Å²) in [5, 5.41) is 11.9. The number of halogens is 1. The summed E-state index contributed by atoms with van der Waals surface area (Å²) in [6, 6.07) is 18.5. The molecule has 166 valence electrons. The molecule has 7 heteroatoms. The summed E-state index contributed by atoms with van der Waals surface area (Å²) in [5.41, 5.74) is 5.52. The van der Waals surface area contributed by atoms with Crippen LogP contribution in [0, 0.1) is 0 Å². The van der Waals surface area contributed by atoms with Crippen molar-refractivity contribution in [1.29, 1.82) is 0 Å². The smallest absolute Gasteiger partial charge is 0.161 e. The van der Waals surface area contributed by atoms with E-state index in [-0.39, 0.29) is 5.92 Å².